The maximum Gasteiger partial charge on any atom is 0.224 e. The van der Waals surface area contributed by atoms with Crippen LogP contribution in [0.3, 0.4) is 0 Å². The van der Waals surface area contributed by atoms with Crippen molar-refractivity contribution in [1.82, 2.24) is 4.31 Å². The van der Waals surface area contributed by atoms with Crippen LogP contribution in [0.5, 0.6) is 0 Å². The molecule has 4 nitrogen and oxygen atoms in total. The Labute approximate surface area is 115 Å². The van der Waals surface area contributed by atoms with E-state index in [9.17, 15) is 8.42 Å². The van der Waals surface area contributed by atoms with E-state index in [1.165, 1.54) is 0 Å². The first-order valence-corrected chi connectivity index (χ1v) is 8.07. The van der Waals surface area contributed by atoms with Gasteiger partial charge in [-0.05, 0) is 50.0 Å². The molecular weight excluding hydrogens is 262 g/mol. The molecule has 0 bridgehead atoms. The predicted molar refractivity (Wildman–Crippen MR) is 76.1 cm³/mol. The van der Waals surface area contributed by atoms with Crippen LogP contribution in [0.1, 0.15) is 26.7 Å². The molecule has 1 heterocycles. The third-order valence-corrected chi connectivity index (χ3v) is 5.82. The molecule has 2 rings (SSSR count). The van der Waals surface area contributed by atoms with E-state index < -0.39 is 15.3 Å². The Morgan fingerprint density at radius 2 is 1.84 bits per heavy atom. The molecule has 0 aromatic heterocycles. The molecule has 0 aromatic rings. The van der Waals surface area contributed by atoms with Gasteiger partial charge in [-0.25, -0.2) is 12.7 Å². The van der Waals surface area contributed by atoms with Crippen LogP contribution >= 0.6 is 0 Å². The maximum absolute atomic E-state index is 12.7. The highest BCUT2D eigenvalue weighted by Gasteiger charge is 2.34. The van der Waals surface area contributed by atoms with Crippen molar-refractivity contribution in [3.63, 3.8) is 0 Å². The molecule has 0 saturated carbocycles. The Morgan fingerprint density at radius 3 is 2.42 bits per heavy atom. The molecule has 1 atom stereocenters. The van der Waals surface area contributed by atoms with Crippen LogP contribution < -0.4 is 0 Å². The number of allylic oxidation sites excluding steroid dienone is 3. The summed E-state index contributed by atoms with van der Waals surface area (Å²) in [7, 11) is -1.70. The Balaban J connectivity index is 2.37. The fraction of sp³-hybridized carbons (Fsp3) is 0.571. The quantitative estimate of drug-likeness (QED) is 0.798. The van der Waals surface area contributed by atoms with Gasteiger partial charge in [0.2, 0.25) is 10.0 Å². The van der Waals surface area contributed by atoms with Gasteiger partial charge in [0.1, 0.15) is 11.0 Å². The molecule has 0 N–H and O–H groups in total. The number of hydrogen-bond donors (Lipinski definition) is 0. The molecule has 0 radical (unpaired) electrons. The van der Waals surface area contributed by atoms with Crippen molar-refractivity contribution in [2.24, 2.45) is 0 Å². The topological polar surface area (TPSA) is 46.6 Å². The normalized spacial score (nSPS) is 25.4. The first kappa shape index (κ1) is 14.3. The van der Waals surface area contributed by atoms with Crippen molar-refractivity contribution in [1.29, 1.82) is 0 Å². The standard InChI is InChI=1S/C14H21NO3S/c1-11-8-13(18-3)10-12(2)14(9-11)19(16,17)15-6-4-5-7-15/h8-10,14H,4-7H2,1-3H3. The summed E-state index contributed by atoms with van der Waals surface area (Å²) in [4.78, 5) is 0. The summed E-state index contributed by atoms with van der Waals surface area (Å²) in [6.45, 7) is 5.03. The number of rotatable bonds is 3. The molecule has 1 unspecified atom stereocenters. The summed E-state index contributed by atoms with van der Waals surface area (Å²) in [6, 6.07) is 0. The molecule has 1 saturated heterocycles. The van der Waals surface area contributed by atoms with Gasteiger partial charge in [0.25, 0.3) is 0 Å². The third-order valence-electron chi connectivity index (χ3n) is 3.58. The van der Waals surface area contributed by atoms with Crippen molar-refractivity contribution >= 4 is 10.0 Å². The summed E-state index contributed by atoms with van der Waals surface area (Å²) < 4.78 is 32.2. The molecule has 2 aliphatic rings. The zero-order valence-corrected chi connectivity index (χ0v) is 12.5. The van der Waals surface area contributed by atoms with E-state index in [0.717, 1.165) is 24.0 Å². The highest BCUT2D eigenvalue weighted by atomic mass is 32.2. The van der Waals surface area contributed by atoms with E-state index >= 15 is 0 Å². The van der Waals surface area contributed by atoms with E-state index in [1.54, 1.807) is 11.4 Å². The fourth-order valence-electron chi connectivity index (χ4n) is 2.53. The number of ether oxygens (including phenoxy) is 1. The van der Waals surface area contributed by atoms with E-state index in [-0.39, 0.29) is 0 Å². The lowest BCUT2D eigenvalue weighted by atomic mass is 10.2. The second-order valence-corrected chi connectivity index (χ2v) is 7.18. The summed E-state index contributed by atoms with van der Waals surface area (Å²) in [6.07, 6.45) is 7.40. The summed E-state index contributed by atoms with van der Waals surface area (Å²) in [5.41, 5.74) is 1.72. The smallest absolute Gasteiger partial charge is 0.224 e. The van der Waals surface area contributed by atoms with Gasteiger partial charge < -0.3 is 4.74 Å². The minimum atomic E-state index is -3.30. The van der Waals surface area contributed by atoms with Gasteiger partial charge in [0.15, 0.2) is 0 Å². The molecule has 0 spiro atoms. The minimum Gasteiger partial charge on any atom is -0.497 e. The van der Waals surface area contributed by atoms with E-state index in [0.29, 0.717) is 18.8 Å². The van der Waals surface area contributed by atoms with Crippen LogP contribution in [0.15, 0.2) is 35.1 Å². The predicted octanol–water partition coefficient (Wildman–Crippen LogP) is 2.22. The highest BCUT2D eigenvalue weighted by Crippen LogP contribution is 2.26. The molecule has 1 fully saturated rings. The van der Waals surface area contributed by atoms with Crippen molar-refractivity contribution < 1.29 is 13.2 Å². The number of sulfonamides is 1. The number of methoxy groups -OCH3 is 1. The Morgan fingerprint density at radius 1 is 1.21 bits per heavy atom. The van der Waals surface area contributed by atoms with Gasteiger partial charge in [0.05, 0.1) is 7.11 Å². The van der Waals surface area contributed by atoms with E-state index in [1.807, 2.05) is 32.1 Å². The monoisotopic (exact) mass is 283 g/mol. The van der Waals surface area contributed by atoms with Gasteiger partial charge in [0, 0.05) is 13.1 Å². The van der Waals surface area contributed by atoms with Crippen LogP contribution in [0, 0.1) is 0 Å². The van der Waals surface area contributed by atoms with Crippen molar-refractivity contribution in [3.05, 3.63) is 35.1 Å². The first-order chi connectivity index (χ1) is 8.95. The summed E-state index contributed by atoms with van der Waals surface area (Å²) in [5, 5.41) is -0.575. The Kier molecular flexibility index (Phi) is 4.16. The fourth-order valence-corrected chi connectivity index (χ4v) is 4.55. The van der Waals surface area contributed by atoms with Crippen LogP contribution in [-0.2, 0) is 14.8 Å². The molecule has 1 aliphatic carbocycles. The Bertz CT molecular complexity index is 537. The lowest BCUT2D eigenvalue weighted by Gasteiger charge is -2.22. The molecule has 0 aromatic carbocycles. The lowest BCUT2D eigenvalue weighted by molar-refractivity contribution is 0.306. The summed E-state index contributed by atoms with van der Waals surface area (Å²) >= 11 is 0. The zero-order valence-electron chi connectivity index (χ0n) is 11.7. The van der Waals surface area contributed by atoms with Crippen molar-refractivity contribution in [2.45, 2.75) is 31.9 Å². The molecule has 106 valence electrons. The van der Waals surface area contributed by atoms with Crippen molar-refractivity contribution in [3.8, 4) is 0 Å². The molecular formula is C14H21NO3S. The average molecular weight is 283 g/mol. The van der Waals surface area contributed by atoms with Gasteiger partial charge in [-0.3, -0.25) is 0 Å². The summed E-state index contributed by atoms with van der Waals surface area (Å²) in [5.74, 6) is 0.699. The van der Waals surface area contributed by atoms with Gasteiger partial charge in [-0.15, -0.1) is 0 Å². The molecule has 1 aliphatic heterocycles. The average Bonchev–Trinajstić information content (AvgIpc) is 2.84. The molecule has 0 amide bonds. The zero-order chi connectivity index (χ0) is 14.0. The largest absolute Gasteiger partial charge is 0.497 e. The van der Waals surface area contributed by atoms with Gasteiger partial charge in [-0.2, -0.15) is 0 Å². The SMILES string of the molecule is COC1=CC(C)=CC(S(=O)(=O)N2CCCC2)C(C)=C1. The molecule has 5 heteroatoms. The Hall–Kier alpha value is -1.07. The van der Waals surface area contributed by atoms with Gasteiger partial charge in [-0.1, -0.05) is 6.08 Å². The maximum atomic E-state index is 12.7. The van der Waals surface area contributed by atoms with Gasteiger partial charge >= 0.3 is 0 Å². The third kappa shape index (κ3) is 2.92. The van der Waals surface area contributed by atoms with Crippen LogP contribution in [0.2, 0.25) is 0 Å². The van der Waals surface area contributed by atoms with E-state index in [2.05, 4.69) is 0 Å². The van der Waals surface area contributed by atoms with Crippen molar-refractivity contribution in [2.75, 3.05) is 20.2 Å². The second kappa shape index (κ2) is 5.51. The lowest BCUT2D eigenvalue weighted by Crippen LogP contribution is -2.36. The second-order valence-electron chi connectivity index (χ2n) is 5.12. The van der Waals surface area contributed by atoms with Crippen LogP contribution in [-0.4, -0.2) is 38.2 Å². The molecule has 19 heavy (non-hydrogen) atoms. The number of hydrogen-bond acceptors (Lipinski definition) is 3. The minimum absolute atomic E-state index is 0.575. The van der Waals surface area contributed by atoms with E-state index in [4.69, 9.17) is 4.74 Å². The van der Waals surface area contributed by atoms with Crippen LogP contribution in [0.25, 0.3) is 0 Å². The highest BCUT2D eigenvalue weighted by molar-refractivity contribution is 7.90. The first-order valence-electron chi connectivity index (χ1n) is 6.56. The van der Waals surface area contributed by atoms with Crippen LogP contribution in [0.4, 0.5) is 0 Å². The number of nitrogens with zero attached hydrogens (tertiary/aromatic N) is 1.